The van der Waals surface area contributed by atoms with Crippen LogP contribution in [0.2, 0.25) is 0 Å². The van der Waals surface area contributed by atoms with Crippen LogP contribution in [0, 0.1) is 11.3 Å². The first kappa shape index (κ1) is 12.9. The maximum atomic E-state index is 3.81. The van der Waals surface area contributed by atoms with Crippen molar-refractivity contribution in [2.75, 3.05) is 0 Å². The summed E-state index contributed by atoms with van der Waals surface area (Å²) in [5.41, 5.74) is 3.79. The van der Waals surface area contributed by atoms with Crippen LogP contribution in [0.15, 0.2) is 34.8 Å². The van der Waals surface area contributed by atoms with Crippen molar-refractivity contribution < 1.29 is 0 Å². The average Bonchev–Trinajstić information content (AvgIpc) is 2.74. The van der Waals surface area contributed by atoms with Gasteiger partial charge in [-0.1, -0.05) is 54.0 Å². The Kier molecular flexibility index (Phi) is 2.79. The lowest BCUT2D eigenvalue weighted by Crippen LogP contribution is -2.26. The van der Waals surface area contributed by atoms with Gasteiger partial charge in [0.15, 0.2) is 0 Å². The third-order valence-electron chi connectivity index (χ3n) is 5.76. The minimum absolute atomic E-state index is 0.536. The Labute approximate surface area is 129 Å². The Bertz CT molecular complexity index is 687. The van der Waals surface area contributed by atoms with E-state index in [2.05, 4.69) is 60.1 Å². The third-order valence-corrected chi connectivity index (χ3v) is 6.41. The number of rotatable bonds is 0. The molecule has 0 aromatic heterocycles. The summed E-state index contributed by atoms with van der Waals surface area (Å²) < 4.78 is 1.27. The quantitative estimate of drug-likeness (QED) is 0.550. The van der Waals surface area contributed by atoms with Gasteiger partial charge in [-0.3, -0.25) is 0 Å². The number of hydrogen-bond acceptors (Lipinski definition) is 0. The van der Waals surface area contributed by atoms with Crippen LogP contribution in [-0.4, -0.2) is 0 Å². The highest BCUT2D eigenvalue weighted by molar-refractivity contribution is 9.10. The lowest BCUT2D eigenvalue weighted by atomic mass is 9.66. The highest BCUT2D eigenvalue weighted by atomic mass is 79.9. The van der Waals surface area contributed by atoms with Crippen LogP contribution >= 0.6 is 15.9 Å². The van der Waals surface area contributed by atoms with Crippen molar-refractivity contribution in [3.05, 3.63) is 45.9 Å². The van der Waals surface area contributed by atoms with Gasteiger partial charge in [0.2, 0.25) is 0 Å². The molecular weight excluding hydrogens is 308 g/mol. The van der Waals surface area contributed by atoms with Crippen molar-refractivity contribution in [1.82, 2.24) is 0 Å². The molecule has 1 heteroatoms. The molecule has 0 unspecified atom stereocenters. The highest BCUT2D eigenvalue weighted by Gasteiger charge is 2.46. The molecule has 0 radical (unpaired) electrons. The Hall–Kier alpha value is -0.820. The van der Waals surface area contributed by atoms with Gasteiger partial charge in [-0.15, -0.1) is 0 Å². The van der Waals surface area contributed by atoms with Crippen LogP contribution in [0.1, 0.15) is 50.2 Å². The van der Waals surface area contributed by atoms with Gasteiger partial charge < -0.3 is 0 Å². The van der Waals surface area contributed by atoms with Crippen molar-refractivity contribution in [2.45, 2.75) is 45.4 Å². The van der Waals surface area contributed by atoms with E-state index in [9.17, 15) is 0 Å². The Morgan fingerprint density at radius 1 is 1.20 bits per heavy atom. The van der Waals surface area contributed by atoms with Crippen molar-refractivity contribution in [2.24, 2.45) is 11.3 Å². The van der Waals surface area contributed by atoms with E-state index >= 15 is 0 Å². The van der Waals surface area contributed by atoms with Crippen LogP contribution in [-0.2, 0) is 6.42 Å². The van der Waals surface area contributed by atoms with Gasteiger partial charge >= 0.3 is 0 Å². The maximum absolute atomic E-state index is 3.81. The second kappa shape index (κ2) is 4.34. The first-order valence-corrected chi connectivity index (χ1v) is 8.58. The summed E-state index contributed by atoms with van der Waals surface area (Å²) in [6.07, 6.45) is 5.39. The molecule has 0 bridgehead atoms. The van der Waals surface area contributed by atoms with E-state index in [0.29, 0.717) is 5.41 Å². The van der Waals surface area contributed by atoms with Gasteiger partial charge in [0, 0.05) is 4.47 Å². The van der Waals surface area contributed by atoms with Gasteiger partial charge in [-0.2, -0.15) is 0 Å². The summed E-state index contributed by atoms with van der Waals surface area (Å²) in [7, 11) is 0. The van der Waals surface area contributed by atoms with Crippen LogP contribution in [0.3, 0.4) is 0 Å². The SMILES string of the molecule is C[C@@H]1C[C@H]2c3cc(Br)c4ccccc4c3CC[C@]2(C)C1. The van der Waals surface area contributed by atoms with E-state index in [4.69, 9.17) is 0 Å². The first-order valence-electron chi connectivity index (χ1n) is 7.78. The molecule has 2 aliphatic carbocycles. The monoisotopic (exact) mass is 328 g/mol. The number of halogens is 1. The topological polar surface area (TPSA) is 0 Å². The zero-order valence-corrected chi connectivity index (χ0v) is 13.8. The molecule has 1 saturated carbocycles. The minimum atomic E-state index is 0.536. The zero-order chi connectivity index (χ0) is 13.9. The second-order valence-electron chi connectivity index (χ2n) is 7.22. The van der Waals surface area contributed by atoms with Crippen LogP contribution in [0.4, 0.5) is 0 Å². The molecule has 0 spiro atoms. The normalized spacial score (nSPS) is 32.1. The molecule has 2 aromatic carbocycles. The lowest BCUT2D eigenvalue weighted by Gasteiger charge is -2.38. The summed E-state index contributed by atoms with van der Waals surface area (Å²) in [6, 6.07) is 11.3. The Morgan fingerprint density at radius 3 is 2.75 bits per heavy atom. The van der Waals surface area contributed by atoms with Crippen molar-refractivity contribution in [3.63, 3.8) is 0 Å². The van der Waals surface area contributed by atoms with Gasteiger partial charge in [0.1, 0.15) is 0 Å². The molecule has 20 heavy (non-hydrogen) atoms. The molecule has 3 atom stereocenters. The number of aryl methyl sites for hydroxylation is 1. The molecule has 2 aliphatic rings. The van der Waals surface area contributed by atoms with E-state index in [1.54, 1.807) is 11.1 Å². The van der Waals surface area contributed by atoms with E-state index in [0.717, 1.165) is 11.8 Å². The Balaban J connectivity index is 1.98. The van der Waals surface area contributed by atoms with Crippen LogP contribution < -0.4 is 0 Å². The van der Waals surface area contributed by atoms with Crippen molar-refractivity contribution in [3.8, 4) is 0 Å². The van der Waals surface area contributed by atoms with E-state index in [1.165, 1.54) is 40.9 Å². The molecule has 2 aromatic rings. The van der Waals surface area contributed by atoms with Gasteiger partial charge in [-0.05, 0) is 70.9 Å². The molecule has 0 saturated heterocycles. The maximum Gasteiger partial charge on any atom is 0.0256 e. The average molecular weight is 329 g/mol. The zero-order valence-electron chi connectivity index (χ0n) is 12.2. The standard InChI is InChI=1S/C19H21Br/c1-12-9-17-16-10-18(20)15-6-4-3-5-13(15)14(16)7-8-19(17,2)11-12/h3-6,10,12,17H,7-9,11H2,1-2H3/t12-,17+,19-/m1/s1. The molecule has 0 N–H and O–H groups in total. The Morgan fingerprint density at radius 2 is 1.95 bits per heavy atom. The van der Waals surface area contributed by atoms with Crippen LogP contribution in [0.5, 0.6) is 0 Å². The van der Waals surface area contributed by atoms with Gasteiger partial charge in [-0.25, -0.2) is 0 Å². The van der Waals surface area contributed by atoms with Gasteiger partial charge in [0.05, 0.1) is 0 Å². The molecule has 1 fully saturated rings. The molecule has 0 heterocycles. The lowest BCUT2D eigenvalue weighted by molar-refractivity contribution is 0.248. The smallest absolute Gasteiger partial charge is 0.0256 e. The molecule has 4 rings (SSSR count). The van der Waals surface area contributed by atoms with Gasteiger partial charge in [0.25, 0.3) is 0 Å². The molecule has 0 nitrogen and oxygen atoms in total. The van der Waals surface area contributed by atoms with Crippen molar-refractivity contribution >= 4 is 26.7 Å². The molecule has 0 aliphatic heterocycles. The second-order valence-corrected chi connectivity index (χ2v) is 8.08. The fourth-order valence-corrected chi connectivity index (χ4v) is 5.49. The molecule has 0 amide bonds. The number of benzene rings is 2. The van der Waals surface area contributed by atoms with Crippen molar-refractivity contribution in [1.29, 1.82) is 0 Å². The largest absolute Gasteiger partial charge is 0.0625 e. The first-order chi connectivity index (χ1) is 9.58. The predicted molar refractivity (Wildman–Crippen MR) is 89.2 cm³/mol. The third kappa shape index (κ3) is 1.72. The molecular formula is C19H21Br. The van der Waals surface area contributed by atoms with E-state index in [-0.39, 0.29) is 0 Å². The minimum Gasteiger partial charge on any atom is -0.0625 e. The summed E-state index contributed by atoms with van der Waals surface area (Å²) in [6.45, 7) is 4.95. The van der Waals surface area contributed by atoms with Crippen LogP contribution in [0.25, 0.3) is 10.8 Å². The summed E-state index contributed by atoms with van der Waals surface area (Å²) >= 11 is 3.81. The fourth-order valence-electron chi connectivity index (χ4n) is 4.90. The number of hydrogen-bond donors (Lipinski definition) is 0. The molecule has 104 valence electrons. The number of fused-ring (bicyclic) bond motifs is 5. The summed E-state index contributed by atoms with van der Waals surface area (Å²) in [4.78, 5) is 0. The predicted octanol–water partition coefficient (Wildman–Crippen LogP) is 6.07. The highest BCUT2D eigenvalue weighted by Crippen LogP contribution is 2.58. The van der Waals surface area contributed by atoms with E-state index in [1.807, 2.05) is 0 Å². The fraction of sp³-hybridized carbons (Fsp3) is 0.474. The summed E-state index contributed by atoms with van der Waals surface area (Å²) in [5.74, 6) is 1.64. The van der Waals surface area contributed by atoms with E-state index < -0.39 is 0 Å². The summed E-state index contributed by atoms with van der Waals surface area (Å²) in [5, 5.41) is 2.85.